The summed E-state index contributed by atoms with van der Waals surface area (Å²) < 4.78 is 20.7. The Morgan fingerprint density at radius 1 is 1.14 bits per heavy atom. The Kier molecular flexibility index (Phi) is 6.14. The minimum absolute atomic E-state index is 0.0637. The lowest BCUT2D eigenvalue weighted by Crippen LogP contribution is -2.52. The number of carbonyl (C=O) groups is 5. The van der Waals surface area contributed by atoms with E-state index in [0.717, 1.165) is 5.56 Å². The van der Waals surface area contributed by atoms with Crippen molar-refractivity contribution < 1.29 is 33.1 Å². The van der Waals surface area contributed by atoms with E-state index in [2.05, 4.69) is 10.6 Å². The highest BCUT2D eigenvalue weighted by Gasteiger charge is 2.41. The first-order valence-electron chi connectivity index (χ1n) is 11.9. The van der Waals surface area contributed by atoms with Gasteiger partial charge in [-0.15, -0.1) is 0 Å². The summed E-state index contributed by atoms with van der Waals surface area (Å²) in [6, 6.07) is 6.06. The summed E-state index contributed by atoms with van der Waals surface area (Å²) in [4.78, 5) is 64.4. The van der Waals surface area contributed by atoms with Crippen LogP contribution in [0.5, 0.6) is 0 Å². The standard InChI is InChI=1S/C26H25FN4O6/c1-13-8-16(9-28-26(36)37-12-15-5-3-4-14-10-30(2)24(34)20(14)15)22(27)21-17(13)11-31(25(21)35)18-6-7-19(32)29-23(18)33/h3-5,8,18H,6-7,9-12H2,1-2H3,(H,28,36)(H,29,32,33). The molecule has 3 aliphatic rings. The Hall–Kier alpha value is -4.28. The lowest BCUT2D eigenvalue weighted by Gasteiger charge is -2.29. The average molecular weight is 509 g/mol. The van der Waals surface area contributed by atoms with Gasteiger partial charge in [0, 0.05) is 44.2 Å². The lowest BCUT2D eigenvalue weighted by atomic mass is 9.99. The SMILES string of the molecule is Cc1cc(CNC(=O)OCc2cccc3c2C(=O)N(C)C3)c(F)c2c1CN(C1CCC(=O)NC1=O)C2=O. The molecule has 1 atom stereocenters. The summed E-state index contributed by atoms with van der Waals surface area (Å²) in [6.45, 7) is 1.93. The van der Waals surface area contributed by atoms with Crippen LogP contribution >= 0.6 is 0 Å². The van der Waals surface area contributed by atoms with Gasteiger partial charge >= 0.3 is 6.09 Å². The fourth-order valence-corrected chi connectivity index (χ4v) is 5.13. The van der Waals surface area contributed by atoms with Gasteiger partial charge in [0.1, 0.15) is 18.5 Å². The van der Waals surface area contributed by atoms with Gasteiger partial charge in [-0.3, -0.25) is 24.5 Å². The average Bonchev–Trinajstić information content (AvgIpc) is 3.36. The smallest absolute Gasteiger partial charge is 0.407 e. The van der Waals surface area contributed by atoms with Gasteiger partial charge in [0.25, 0.3) is 11.8 Å². The summed E-state index contributed by atoms with van der Waals surface area (Å²) in [5.74, 6) is -2.50. The Morgan fingerprint density at radius 3 is 2.68 bits per heavy atom. The Balaban J connectivity index is 1.25. The van der Waals surface area contributed by atoms with Crippen molar-refractivity contribution in [2.24, 2.45) is 0 Å². The first-order chi connectivity index (χ1) is 17.7. The molecule has 5 rings (SSSR count). The van der Waals surface area contributed by atoms with Gasteiger partial charge < -0.3 is 19.9 Å². The number of aryl methyl sites for hydroxylation is 1. The molecule has 2 aromatic rings. The predicted octanol–water partition coefficient (Wildman–Crippen LogP) is 1.91. The number of alkyl carbamates (subject to hydrolysis) is 1. The van der Waals surface area contributed by atoms with E-state index in [1.54, 1.807) is 37.1 Å². The first-order valence-corrected chi connectivity index (χ1v) is 11.9. The van der Waals surface area contributed by atoms with Crippen molar-refractivity contribution in [3.8, 4) is 0 Å². The Bertz CT molecular complexity index is 1370. The third-order valence-corrected chi connectivity index (χ3v) is 7.05. The van der Waals surface area contributed by atoms with Crippen LogP contribution in [-0.2, 0) is 40.6 Å². The van der Waals surface area contributed by atoms with Crippen molar-refractivity contribution >= 4 is 29.7 Å². The summed E-state index contributed by atoms with van der Waals surface area (Å²) >= 11 is 0. The number of fused-ring (bicyclic) bond motifs is 2. The molecular formula is C26H25FN4O6. The number of halogens is 1. The molecule has 37 heavy (non-hydrogen) atoms. The van der Waals surface area contributed by atoms with Gasteiger partial charge in [-0.1, -0.05) is 24.3 Å². The van der Waals surface area contributed by atoms with E-state index in [-0.39, 0.29) is 49.6 Å². The molecule has 0 spiro atoms. The molecule has 0 bridgehead atoms. The minimum Gasteiger partial charge on any atom is -0.445 e. The van der Waals surface area contributed by atoms with Crippen LogP contribution in [0, 0.1) is 12.7 Å². The van der Waals surface area contributed by atoms with Crippen LogP contribution in [0.2, 0.25) is 0 Å². The second kappa shape index (κ2) is 9.30. The molecule has 11 heteroatoms. The van der Waals surface area contributed by atoms with E-state index in [4.69, 9.17) is 4.74 Å². The van der Waals surface area contributed by atoms with Crippen molar-refractivity contribution in [3.63, 3.8) is 0 Å². The number of piperidine rings is 1. The predicted molar refractivity (Wildman–Crippen MR) is 126 cm³/mol. The molecule has 1 fully saturated rings. The maximum Gasteiger partial charge on any atom is 0.407 e. The van der Waals surface area contributed by atoms with Crippen LogP contribution < -0.4 is 10.6 Å². The number of ether oxygens (including phenoxy) is 1. The van der Waals surface area contributed by atoms with Crippen molar-refractivity contribution in [2.75, 3.05) is 7.05 Å². The van der Waals surface area contributed by atoms with Crippen LogP contribution in [0.1, 0.15) is 61.4 Å². The molecule has 0 radical (unpaired) electrons. The number of amides is 5. The van der Waals surface area contributed by atoms with Gasteiger partial charge in [-0.25, -0.2) is 9.18 Å². The van der Waals surface area contributed by atoms with Gasteiger partial charge in [0.2, 0.25) is 11.8 Å². The van der Waals surface area contributed by atoms with E-state index in [1.165, 1.54) is 4.90 Å². The fourth-order valence-electron chi connectivity index (χ4n) is 5.13. The van der Waals surface area contributed by atoms with Gasteiger partial charge in [-0.05, 0) is 30.0 Å². The molecule has 2 aromatic carbocycles. The number of hydrogen-bond acceptors (Lipinski definition) is 6. The number of rotatable bonds is 5. The van der Waals surface area contributed by atoms with Crippen LogP contribution in [0.15, 0.2) is 24.3 Å². The quantitative estimate of drug-likeness (QED) is 0.595. The highest BCUT2D eigenvalue weighted by Crippen LogP contribution is 2.33. The molecule has 3 heterocycles. The third kappa shape index (κ3) is 4.30. The summed E-state index contributed by atoms with van der Waals surface area (Å²) in [5, 5.41) is 4.72. The van der Waals surface area contributed by atoms with Crippen LogP contribution in [0.3, 0.4) is 0 Å². The number of nitrogens with zero attached hydrogens (tertiary/aromatic N) is 2. The second-order valence-electron chi connectivity index (χ2n) is 9.46. The van der Waals surface area contributed by atoms with Gasteiger partial charge in [0.05, 0.1) is 11.1 Å². The number of hydrogen-bond donors (Lipinski definition) is 2. The van der Waals surface area contributed by atoms with Crippen LogP contribution in [0.4, 0.5) is 9.18 Å². The van der Waals surface area contributed by atoms with E-state index in [9.17, 15) is 24.0 Å². The van der Waals surface area contributed by atoms with E-state index in [1.807, 2.05) is 6.07 Å². The molecule has 10 nitrogen and oxygen atoms in total. The van der Waals surface area contributed by atoms with Crippen molar-refractivity contribution in [3.05, 3.63) is 69.0 Å². The maximum atomic E-state index is 15.4. The number of nitrogens with one attached hydrogen (secondary N) is 2. The topological polar surface area (TPSA) is 125 Å². The van der Waals surface area contributed by atoms with Gasteiger partial charge in [-0.2, -0.15) is 0 Å². The largest absolute Gasteiger partial charge is 0.445 e. The monoisotopic (exact) mass is 508 g/mol. The molecule has 192 valence electrons. The first kappa shape index (κ1) is 24.4. The molecule has 1 unspecified atom stereocenters. The molecule has 3 aliphatic heterocycles. The van der Waals surface area contributed by atoms with Gasteiger partial charge in [0.15, 0.2) is 0 Å². The summed E-state index contributed by atoms with van der Waals surface area (Å²) in [5.41, 5.74) is 3.07. The van der Waals surface area contributed by atoms with Crippen LogP contribution in [-0.4, -0.2) is 52.6 Å². The maximum absolute atomic E-state index is 15.4. The molecule has 0 aromatic heterocycles. The van der Waals surface area contributed by atoms with Crippen LogP contribution in [0.25, 0.3) is 0 Å². The fraction of sp³-hybridized carbons (Fsp3) is 0.346. The Morgan fingerprint density at radius 2 is 1.92 bits per heavy atom. The highest BCUT2D eigenvalue weighted by atomic mass is 19.1. The molecule has 1 saturated heterocycles. The van der Waals surface area contributed by atoms with Crippen molar-refractivity contribution in [1.82, 2.24) is 20.4 Å². The van der Waals surface area contributed by atoms with E-state index >= 15 is 4.39 Å². The second-order valence-corrected chi connectivity index (χ2v) is 9.46. The zero-order chi connectivity index (χ0) is 26.4. The van der Waals surface area contributed by atoms with Crippen molar-refractivity contribution in [2.45, 2.75) is 52.0 Å². The Labute approximate surface area is 211 Å². The molecule has 5 amide bonds. The molecule has 0 aliphatic carbocycles. The highest BCUT2D eigenvalue weighted by molar-refractivity contribution is 6.05. The van der Waals surface area contributed by atoms with E-state index < -0.39 is 35.7 Å². The lowest BCUT2D eigenvalue weighted by molar-refractivity contribution is -0.136. The number of benzene rings is 2. The minimum atomic E-state index is -0.848. The molecule has 2 N–H and O–H groups in total. The number of carbonyl (C=O) groups excluding carboxylic acids is 5. The zero-order valence-electron chi connectivity index (χ0n) is 20.4. The molecular weight excluding hydrogens is 483 g/mol. The third-order valence-electron chi connectivity index (χ3n) is 7.05. The summed E-state index contributed by atoms with van der Waals surface area (Å²) in [6.07, 6.45) is -0.519. The zero-order valence-corrected chi connectivity index (χ0v) is 20.4. The normalized spacial score (nSPS) is 18.6. The summed E-state index contributed by atoms with van der Waals surface area (Å²) in [7, 11) is 1.70. The number of imide groups is 1. The molecule has 0 saturated carbocycles. The van der Waals surface area contributed by atoms with Crippen molar-refractivity contribution in [1.29, 1.82) is 0 Å². The van der Waals surface area contributed by atoms with E-state index in [0.29, 0.717) is 28.8 Å².